The lowest BCUT2D eigenvalue weighted by molar-refractivity contribution is 0.884. The van der Waals surface area contributed by atoms with Crippen LogP contribution in [0.1, 0.15) is 17.2 Å². The first-order valence-electron chi connectivity index (χ1n) is 4.04. The monoisotopic (exact) mass is 174 g/mol. The van der Waals surface area contributed by atoms with Crippen LogP contribution in [0.4, 0.5) is 0 Å². The highest BCUT2D eigenvalue weighted by Gasteiger charge is 2.05. The summed E-state index contributed by atoms with van der Waals surface area (Å²) in [5.74, 6) is 0.638. The molecule has 0 radical (unpaired) electrons. The Kier molecular flexibility index (Phi) is 1.62. The van der Waals surface area contributed by atoms with Gasteiger partial charge in [-0.25, -0.2) is 9.50 Å². The Labute approximate surface area is 75.9 Å². The molecular formula is C9H10N4. The van der Waals surface area contributed by atoms with Crippen LogP contribution in [0.3, 0.4) is 0 Å². The molecule has 0 aliphatic rings. The van der Waals surface area contributed by atoms with Crippen LogP contribution < -0.4 is 0 Å². The molecule has 0 atom stereocenters. The van der Waals surface area contributed by atoms with E-state index in [9.17, 15) is 0 Å². The van der Waals surface area contributed by atoms with E-state index < -0.39 is 0 Å². The summed E-state index contributed by atoms with van der Waals surface area (Å²) < 4.78 is 1.78. The van der Waals surface area contributed by atoms with Gasteiger partial charge in [0.25, 0.3) is 0 Å². The molecule has 2 aromatic heterocycles. The molecule has 2 heterocycles. The zero-order valence-corrected chi connectivity index (χ0v) is 7.65. The minimum absolute atomic E-state index is 0.638. The van der Waals surface area contributed by atoms with Crippen molar-refractivity contribution >= 4 is 11.7 Å². The molecule has 2 aromatic rings. The Hall–Kier alpha value is -1.71. The van der Waals surface area contributed by atoms with Crippen molar-refractivity contribution in [2.75, 3.05) is 0 Å². The molecular weight excluding hydrogens is 164 g/mol. The molecule has 0 saturated carbocycles. The van der Waals surface area contributed by atoms with Crippen LogP contribution in [0.5, 0.6) is 0 Å². The maximum atomic E-state index is 4.26. The van der Waals surface area contributed by atoms with Crippen LogP contribution in [0.15, 0.2) is 12.8 Å². The van der Waals surface area contributed by atoms with Gasteiger partial charge in [-0.05, 0) is 19.9 Å². The summed E-state index contributed by atoms with van der Waals surface area (Å²) in [6.07, 6.45) is 3.41. The molecule has 0 bridgehead atoms. The maximum absolute atomic E-state index is 4.26. The molecule has 0 aliphatic heterocycles. The van der Waals surface area contributed by atoms with Crippen molar-refractivity contribution in [3.63, 3.8) is 0 Å². The molecule has 0 N–H and O–H groups in total. The first-order chi connectivity index (χ1) is 6.22. The van der Waals surface area contributed by atoms with Gasteiger partial charge in [-0.2, -0.15) is 0 Å². The van der Waals surface area contributed by atoms with Gasteiger partial charge in [0.1, 0.15) is 0 Å². The van der Waals surface area contributed by atoms with Crippen LogP contribution in [-0.4, -0.2) is 19.6 Å². The highest BCUT2D eigenvalue weighted by molar-refractivity contribution is 5.48. The Morgan fingerprint density at radius 1 is 1.46 bits per heavy atom. The fourth-order valence-corrected chi connectivity index (χ4v) is 1.20. The van der Waals surface area contributed by atoms with E-state index >= 15 is 0 Å². The highest BCUT2D eigenvalue weighted by atomic mass is 15.3. The van der Waals surface area contributed by atoms with Crippen molar-refractivity contribution in [3.05, 3.63) is 30.0 Å². The van der Waals surface area contributed by atoms with E-state index in [0.717, 1.165) is 17.0 Å². The number of hydrogen-bond donors (Lipinski definition) is 0. The Bertz CT molecular complexity index is 431. The average molecular weight is 174 g/mol. The zero-order chi connectivity index (χ0) is 9.42. The molecule has 0 amide bonds. The zero-order valence-electron chi connectivity index (χ0n) is 7.65. The molecule has 0 unspecified atom stereocenters. The lowest BCUT2D eigenvalue weighted by Crippen LogP contribution is -1.97. The van der Waals surface area contributed by atoms with Crippen molar-refractivity contribution in [1.29, 1.82) is 0 Å². The number of rotatable bonds is 1. The number of fused-ring (bicyclic) bond motifs is 1. The van der Waals surface area contributed by atoms with Gasteiger partial charge in [0, 0.05) is 6.20 Å². The van der Waals surface area contributed by atoms with Crippen molar-refractivity contribution in [2.24, 2.45) is 0 Å². The second kappa shape index (κ2) is 2.65. The number of aromatic nitrogens is 4. The van der Waals surface area contributed by atoms with Crippen molar-refractivity contribution in [1.82, 2.24) is 19.6 Å². The van der Waals surface area contributed by atoms with Gasteiger partial charge >= 0.3 is 0 Å². The smallest absolute Gasteiger partial charge is 0.177 e. The second-order valence-corrected chi connectivity index (χ2v) is 2.89. The SMILES string of the molecule is C=Cc1nc2c(C)ncc(C)n2n1. The molecule has 4 nitrogen and oxygen atoms in total. The largest absolute Gasteiger partial charge is 0.256 e. The van der Waals surface area contributed by atoms with Gasteiger partial charge in [0.05, 0.1) is 11.4 Å². The summed E-state index contributed by atoms with van der Waals surface area (Å²) in [6, 6.07) is 0. The minimum atomic E-state index is 0.638. The fraction of sp³-hybridized carbons (Fsp3) is 0.222. The number of nitrogens with zero attached hydrogens (tertiary/aromatic N) is 4. The summed E-state index contributed by atoms with van der Waals surface area (Å²) in [7, 11) is 0. The molecule has 0 spiro atoms. The normalized spacial score (nSPS) is 10.6. The molecule has 4 heteroatoms. The van der Waals surface area contributed by atoms with E-state index in [1.807, 2.05) is 13.8 Å². The van der Waals surface area contributed by atoms with Crippen molar-refractivity contribution < 1.29 is 0 Å². The number of hydrogen-bond acceptors (Lipinski definition) is 3. The Morgan fingerprint density at radius 3 is 2.85 bits per heavy atom. The lowest BCUT2D eigenvalue weighted by Gasteiger charge is -1.97. The van der Waals surface area contributed by atoms with Crippen LogP contribution in [0.2, 0.25) is 0 Å². The summed E-state index contributed by atoms with van der Waals surface area (Å²) in [5.41, 5.74) is 2.65. The van der Waals surface area contributed by atoms with Gasteiger partial charge < -0.3 is 0 Å². The third-order valence-electron chi connectivity index (χ3n) is 1.91. The third-order valence-corrected chi connectivity index (χ3v) is 1.91. The summed E-state index contributed by atoms with van der Waals surface area (Å²) in [5, 5.41) is 4.24. The summed E-state index contributed by atoms with van der Waals surface area (Å²) in [4.78, 5) is 8.46. The number of aryl methyl sites for hydroxylation is 2. The van der Waals surface area contributed by atoms with Gasteiger partial charge in [-0.1, -0.05) is 6.58 Å². The van der Waals surface area contributed by atoms with E-state index in [4.69, 9.17) is 0 Å². The van der Waals surface area contributed by atoms with E-state index in [-0.39, 0.29) is 0 Å². The van der Waals surface area contributed by atoms with E-state index in [1.165, 1.54) is 0 Å². The van der Waals surface area contributed by atoms with Gasteiger partial charge in [0.2, 0.25) is 0 Å². The first-order valence-corrected chi connectivity index (χ1v) is 4.04. The van der Waals surface area contributed by atoms with E-state index in [2.05, 4.69) is 21.6 Å². The summed E-state index contributed by atoms with van der Waals surface area (Å²) >= 11 is 0. The maximum Gasteiger partial charge on any atom is 0.177 e. The predicted octanol–water partition coefficient (Wildman–Crippen LogP) is 1.38. The second-order valence-electron chi connectivity index (χ2n) is 2.89. The van der Waals surface area contributed by atoms with Crippen molar-refractivity contribution in [2.45, 2.75) is 13.8 Å². The van der Waals surface area contributed by atoms with Crippen LogP contribution in [-0.2, 0) is 0 Å². The molecule has 13 heavy (non-hydrogen) atoms. The quantitative estimate of drug-likeness (QED) is 0.656. The standard InChI is InChI=1S/C9H10N4/c1-4-8-11-9-7(3)10-5-6(2)13(9)12-8/h4-5H,1H2,2-3H3. The van der Waals surface area contributed by atoms with Crippen LogP contribution in [0, 0.1) is 13.8 Å². The molecule has 0 fully saturated rings. The molecule has 0 aromatic carbocycles. The first kappa shape index (κ1) is 7.91. The van der Waals surface area contributed by atoms with Gasteiger partial charge in [-0.15, -0.1) is 5.10 Å². The molecule has 66 valence electrons. The third kappa shape index (κ3) is 1.11. The van der Waals surface area contributed by atoms with E-state index in [1.54, 1.807) is 16.8 Å². The fourth-order valence-electron chi connectivity index (χ4n) is 1.20. The van der Waals surface area contributed by atoms with Crippen molar-refractivity contribution in [3.8, 4) is 0 Å². The topological polar surface area (TPSA) is 43.1 Å². The average Bonchev–Trinajstić information content (AvgIpc) is 2.56. The van der Waals surface area contributed by atoms with E-state index in [0.29, 0.717) is 5.82 Å². The molecule has 2 rings (SSSR count). The van der Waals surface area contributed by atoms with Gasteiger partial charge in [-0.3, -0.25) is 4.98 Å². The minimum Gasteiger partial charge on any atom is -0.256 e. The Balaban J connectivity index is 2.87. The summed E-state index contributed by atoms with van der Waals surface area (Å²) in [6.45, 7) is 7.49. The van der Waals surface area contributed by atoms with Crippen LogP contribution >= 0.6 is 0 Å². The Morgan fingerprint density at radius 2 is 2.23 bits per heavy atom. The highest BCUT2D eigenvalue weighted by Crippen LogP contribution is 2.07. The molecule has 0 saturated heterocycles. The van der Waals surface area contributed by atoms with Gasteiger partial charge in [0.15, 0.2) is 11.5 Å². The lowest BCUT2D eigenvalue weighted by atomic mass is 10.4. The predicted molar refractivity (Wildman–Crippen MR) is 50.3 cm³/mol. The molecule has 0 aliphatic carbocycles. The van der Waals surface area contributed by atoms with Crippen LogP contribution in [0.25, 0.3) is 11.7 Å².